The number of nitrogens with one attached hydrogen (secondary N) is 1. The Balaban J connectivity index is 2.32. The molecule has 0 saturated carbocycles. The smallest absolute Gasteiger partial charge is 0.313 e. The molecule has 0 saturated heterocycles. The molecule has 122 valence electrons. The first-order chi connectivity index (χ1) is 10.4. The van der Waals surface area contributed by atoms with Crippen LogP contribution >= 0.6 is 11.8 Å². The largest absolute Gasteiger partial charge is 0.481 e. The molecule has 1 unspecified atom stereocenters. The lowest BCUT2D eigenvalue weighted by molar-refractivity contribution is -0.133. The van der Waals surface area contributed by atoms with E-state index in [1.54, 1.807) is 0 Å². The van der Waals surface area contributed by atoms with Gasteiger partial charge in [0, 0.05) is 18.7 Å². The number of rotatable bonds is 9. The van der Waals surface area contributed by atoms with E-state index in [0.717, 1.165) is 0 Å². The fourth-order valence-electron chi connectivity index (χ4n) is 2.10. The van der Waals surface area contributed by atoms with Crippen molar-refractivity contribution in [2.24, 2.45) is 0 Å². The van der Waals surface area contributed by atoms with Crippen LogP contribution in [0.3, 0.4) is 0 Å². The summed E-state index contributed by atoms with van der Waals surface area (Å²) in [5, 5.41) is 11.3. The van der Waals surface area contributed by atoms with E-state index >= 15 is 0 Å². The summed E-state index contributed by atoms with van der Waals surface area (Å²) in [5.74, 6) is 0.569. The predicted molar refractivity (Wildman–Crippen MR) is 91.5 cm³/mol. The van der Waals surface area contributed by atoms with Crippen LogP contribution < -0.4 is 5.32 Å². The predicted octanol–water partition coefficient (Wildman–Crippen LogP) is 3.24. The summed E-state index contributed by atoms with van der Waals surface area (Å²) in [5.41, 5.74) is 2.47. The fourth-order valence-corrected chi connectivity index (χ4v) is 2.67. The van der Waals surface area contributed by atoms with Gasteiger partial charge in [0.1, 0.15) is 0 Å². The second-order valence-electron chi connectivity index (χ2n) is 5.72. The van der Waals surface area contributed by atoms with Crippen LogP contribution in [0.15, 0.2) is 24.3 Å². The Hall–Kier alpha value is -1.49. The molecule has 0 radical (unpaired) electrons. The quantitative estimate of drug-likeness (QED) is 0.685. The molecule has 0 bridgehead atoms. The lowest BCUT2D eigenvalue weighted by Gasteiger charge is -2.13. The number of hydrogen-bond acceptors (Lipinski definition) is 3. The molecule has 2 N–H and O–H groups in total. The van der Waals surface area contributed by atoms with Gasteiger partial charge in [-0.15, -0.1) is 11.8 Å². The Bertz CT molecular complexity index is 485. The highest BCUT2D eigenvalue weighted by Gasteiger charge is 2.11. The van der Waals surface area contributed by atoms with Gasteiger partial charge in [0.05, 0.1) is 5.75 Å². The molecule has 22 heavy (non-hydrogen) atoms. The number of carboxylic acid groups (broad SMARTS) is 1. The first-order valence-corrected chi connectivity index (χ1v) is 8.71. The SMILES string of the molecule is CC(C)c1ccc(C(C)CC(=O)NCCSCC(=O)O)cc1. The number of benzene rings is 1. The van der Waals surface area contributed by atoms with Gasteiger partial charge < -0.3 is 10.4 Å². The highest BCUT2D eigenvalue weighted by atomic mass is 32.2. The Morgan fingerprint density at radius 3 is 2.27 bits per heavy atom. The Morgan fingerprint density at radius 1 is 1.14 bits per heavy atom. The van der Waals surface area contributed by atoms with Crippen LogP contribution in [0.4, 0.5) is 0 Å². The number of aliphatic carboxylic acids is 1. The first-order valence-electron chi connectivity index (χ1n) is 7.56. The third-order valence-corrected chi connectivity index (χ3v) is 4.40. The van der Waals surface area contributed by atoms with Gasteiger partial charge in [-0.3, -0.25) is 9.59 Å². The van der Waals surface area contributed by atoms with Crippen molar-refractivity contribution in [2.75, 3.05) is 18.1 Å². The number of amides is 1. The van der Waals surface area contributed by atoms with Gasteiger partial charge in [-0.05, 0) is 23.0 Å². The van der Waals surface area contributed by atoms with Gasteiger partial charge in [0.15, 0.2) is 0 Å². The zero-order valence-electron chi connectivity index (χ0n) is 13.5. The lowest BCUT2D eigenvalue weighted by Crippen LogP contribution is -2.27. The third kappa shape index (κ3) is 6.98. The van der Waals surface area contributed by atoms with Crippen molar-refractivity contribution >= 4 is 23.6 Å². The minimum absolute atomic E-state index is 0.0105. The van der Waals surface area contributed by atoms with Crippen molar-refractivity contribution in [3.05, 3.63) is 35.4 Å². The molecule has 4 nitrogen and oxygen atoms in total. The van der Waals surface area contributed by atoms with Crippen LogP contribution in [0.25, 0.3) is 0 Å². The van der Waals surface area contributed by atoms with Crippen molar-refractivity contribution in [2.45, 2.75) is 39.0 Å². The third-order valence-electron chi connectivity index (χ3n) is 3.46. The molecule has 0 aliphatic rings. The summed E-state index contributed by atoms with van der Waals surface area (Å²) in [6.45, 7) is 6.88. The molecular weight excluding hydrogens is 298 g/mol. The number of carbonyl (C=O) groups excluding carboxylic acids is 1. The Morgan fingerprint density at radius 2 is 1.73 bits per heavy atom. The highest BCUT2D eigenvalue weighted by molar-refractivity contribution is 7.99. The molecule has 1 amide bonds. The summed E-state index contributed by atoms with van der Waals surface area (Å²) >= 11 is 1.31. The summed E-state index contributed by atoms with van der Waals surface area (Å²) < 4.78 is 0. The van der Waals surface area contributed by atoms with E-state index in [1.807, 2.05) is 6.92 Å². The maximum atomic E-state index is 11.9. The summed E-state index contributed by atoms with van der Waals surface area (Å²) in [6, 6.07) is 8.43. The second-order valence-corrected chi connectivity index (χ2v) is 6.83. The number of carboxylic acids is 1. The molecule has 0 fully saturated rings. The lowest BCUT2D eigenvalue weighted by atomic mass is 9.94. The van der Waals surface area contributed by atoms with Gasteiger partial charge in [-0.2, -0.15) is 0 Å². The maximum absolute atomic E-state index is 11.9. The van der Waals surface area contributed by atoms with Crippen LogP contribution in [0.1, 0.15) is 50.2 Å². The molecule has 5 heteroatoms. The second kappa shape index (κ2) is 9.51. The van der Waals surface area contributed by atoms with Gasteiger partial charge in [-0.25, -0.2) is 0 Å². The molecule has 1 rings (SSSR count). The Kier molecular flexibility index (Phi) is 8.02. The zero-order chi connectivity index (χ0) is 16.5. The van der Waals surface area contributed by atoms with Gasteiger partial charge >= 0.3 is 5.97 Å². The molecule has 0 spiro atoms. The van der Waals surface area contributed by atoms with Crippen LogP contribution in [0.5, 0.6) is 0 Å². The first kappa shape index (κ1) is 18.6. The molecule has 1 atom stereocenters. The van der Waals surface area contributed by atoms with E-state index in [2.05, 4.69) is 43.4 Å². The molecule has 0 aliphatic carbocycles. The summed E-state index contributed by atoms with van der Waals surface area (Å²) in [4.78, 5) is 22.2. The van der Waals surface area contributed by atoms with Gasteiger partial charge in [0.2, 0.25) is 5.91 Å². The van der Waals surface area contributed by atoms with Crippen LogP contribution in [-0.4, -0.2) is 35.0 Å². The molecule has 1 aromatic rings. The topological polar surface area (TPSA) is 66.4 Å². The molecule has 0 aromatic heterocycles. The average Bonchev–Trinajstić information content (AvgIpc) is 2.46. The minimum Gasteiger partial charge on any atom is -0.481 e. The van der Waals surface area contributed by atoms with Crippen LogP contribution in [0.2, 0.25) is 0 Å². The molecule has 0 heterocycles. The number of thioether (sulfide) groups is 1. The molecular formula is C17H25NO3S. The van der Waals surface area contributed by atoms with E-state index in [1.165, 1.54) is 22.9 Å². The van der Waals surface area contributed by atoms with Gasteiger partial charge in [0.25, 0.3) is 0 Å². The van der Waals surface area contributed by atoms with E-state index in [-0.39, 0.29) is 17.6 Å². The van der Waals surface area contributed by atoms with Crippen LogP contribution in [-0.2, 0) is 9.59 Å². The number of carbonyl (C=O) groups is 2. The molecule has 1 aromatic carbocycles. The highest BCUT2D eigenvalue weighted by Crippen LogP contribution is 2.22. The minimum atomic E-state index is -0.824. The van der Waals surface area contributed by atoms with Crippen molar-refractivity contribution in [3.63, 3.8) is 0 Å². The summed E-state index contributed by atoms with van der Waals surface area (Å²) in [6.07, 6.45) is 0.449. The Labute approximate surface area is 136 Å². The average molecular weight is 323 g/mol. The zero-order valence-corrected chi connectivity index (χ0v) is 14.3. The number of hydrogen-bond donors (Lipinski definition) is 2. The van der Waals surface area contributed by atoms with Gasteiger partial charge in [-0.1, -0.05) is 45.0 Å². The fraction of sp³-hybridized carbons (Fsp3) is 0.529. The van der Waals surface area contributed by atoms with Crippen molar-refractivity contribution in [1.82, 2.24) is 5.32 Å². The maximum Gasteiger partial charge on any atom is 0.313 e. The van der Waals surface area contributed by atoms with Crippen molar-refractivity contribution < 1.29 is 14.7 Å². The van der Waals surface area contributed by atoms with Crippen molar-refractivity contribution in [1.29, 1.82) is 0 Å². The normalized spacial score (nSPS) is 12.2. The summed E-state index contributed by atoms with van der Waals surface area (Å²) in [7, 11) is 0. The van der Waals surface area contributed by atoms with E-state index in [9.17, 15) is 9.59 Å². The van der Waals surface area contributed by atoms with E-state index < -0.39 is 5.97 Å². The standard InChI is InChI=1S/C17H25NO3S/c1-12(2)14-4-6-15(7-5-14)13(3)10-16(19)18-8-9-22-11-17(20)21/h4-7,12-13H,8-11H2,1-3H3,(H,18,19)(H,20,21). The van der Waals surface area contributed by atoms with Crippen molar-refractivity contribution in [3.8, 4) is 0 Å². The van der Waals surface area contributed by atoms with E-state index in [4.69, 9.17) is 5.11 Å². The monoisotopic (exact) mass is 323 g/mol. The molecule has 0 aliphatic heterocycles. The van der Waals surface area contributed by atoms with E-state index in [0.29, 0.717) is 24.6 Å². The van der Waals surface area contributed by atoms with Crippen LogP contribution in [0, 0.1) is 0 Å².